The van der Waals surface area contributed by atoms with Crippen LogP contribution in [0, 0.1) is 0 Å². The summed E-state index contributed by atoms with van der Waals surface area (Å²) in [7, 11) is 0. The van der Waals surface area contributed by atoms with Crippen molar-refractivity contribution in [2.24, 2.45) is 0 Å². The fourth-order valence-corrected chi connectivity index (χ4v) is 3.62. The lowest BCUT2D eigenvalue weighted by Crippen LogP contribution is -2.40. The number of hydrogen-bond donors (Lipinski definition) is 0. The van der Waals surface area contributed by atoms with E-state index in [9.17, 15) is 4.79 Å². The zero-order valence-corrected chi connectivity index (χ0v) is 13.7. The summed E-state index contributed by atoms with van der Waals surface area (Å²) in [4.78, 5) is 18.8. The van der Waals surface area contributed by atoms with E-state index >= 15 is 0 Å². The summed E-state index contributed by atoms with van der Waals surface area (Å²) in [6, 6.07) is 10.8. The summed E-state index contributed by atoms with van der Waals surface area (Å²) in [5.41, 5.74) is 1.19. The van der Waals surface area contributed by atoms with Crippen LogP contribution in [0.4, 0.5) is 0 Å². The number of aryl methyl sites for hydroxylation is 1. The second kappa shape index (κ2) is 6.51. The highest BCUT2D eigenvalue weighted by molar-refractivity contribution is 5.80. The normalized spacial score (nSPS) is 18.2. The lowest BCUT2D eigenvalue weighted by molar-refractivity contribution is -0.133. The van der Waals surface area contributed by atoms with Crippen molar-refractivity contribution in [3.8, 4) is 0 Å². The topological polar surface area (TPSA) is 43.1 Å². The molecule has 1 fully saturated rings. The van der Waals surface area contributed by atoms with Crippen LogP contribution in [0.15, 0.2) is 55.2 Å². The maximum Gasteiger partial charge on any atom is 0.224 e. The van der Waals surface area contributed by atoms with Gasteiger partial charge in [0.25, 0.3) is 0 Å². The number of rotatable bonds is 4. The van der Waals surface area contributed by atoms with E-state index < -0.39 is 0 Å². The summed E-state index contributed by atoms with van der Waals surface area (Å²) in [5, 5.41) is 1.23. The Balaban J connectivity index is 1.39. The van der Waals surface area contributed by atoms with Crippen LogP contribution >= 0.6 is 0 Å². The Morgan fingerprint density at radius 1 is 1.21 bits per heavy atom. The molecule has 0 radical (unpaired) electrons. The molecule has 2 aromatic heterocycles. The molecule has 0 bridgehead atoms. The molecule has 0 spiro atoms. The predicted molar refractivity (Wildman–Crippen MR) is 93.6 cm³/mol. The van der Waals surface area contributed by atoms with Gasteiger partial charge in [0.1, 0.15) is 0 Å². The van der Waals surface area contributed by atoms with Gasteiger partial charge in [0.15, 0.2) is 0 Å². The molecule has 124 valence electrons. The van der Waals surface area contributed by atoms with Crippen LogP contribution < -0.4 is 0 Å². The molecular formula is C19H22N4O. The van der Waals surface area contributed by atoms with Crippen LogP contribution in [-0.2, 0) is 11.3 Å². The first-order valence-electron chi connectivity index (χ1n) is 8.60. The van der Waals surface area contributed by atoms with Gasteiger partial charge in [0, 0.05) is 50.2 Å². The molecule has 0 aliphatic carbocycles. The van der Waals surface area contributed by atoms with E-state index in [4.69, 9.17) is 0 Å². The number of fused-ring (bicyclic) bond motifs is 1. The Kier molecular flexibility index (Phi) is 4.07. The molecule has 1 saturated heterocycles. The molecule has 5 nitrogen and oxygen atoms in total. The molecule has 0 saturated carbocycles. The first-order chi connectivity index (χ1) is 11.8. The van der Waals surface area contributed by atoms with Crippen molar-refractivity contribution >= 4 is 16.8 Å². The highest BCUT2D eigenvalue weighted by atomic mass is 16.2. The SMILES string of the molecule is O=C(CCn1ccc2ccccc21)N1CCCC(n2ccnc2)C1. The van der Waals surface area contributed by atoms with Crippen LogP contribution in [0.1, 0.15) is 25.3 Å². The maximum atomic E-state index is 12.6. The molecule has 1 aliphatic heterocycles. The number of piperidine rings is 1. The van der Waals surface area contributed by atoms with Gasteiger partial charge in [-0.25, -0.2) is 4.98 Å². The molecule has 3 heterocycles. The summed E-state index contributed by atoms with van der Waals surface area (Å²) in [5.74, 6) is 0.248. The molecule has 1 aliphatic rings. The van der Waals surface area contributed by atoms with E-state index in [1.165, 1.54) is 10.9 Å². The van der Waals surface area contributed by atoms with Crippen LogP contribution in [0.2, 0.25) is 0 Å². The number of imidazole rings is 1. The van der Waals surface area contributed by atoms with Crippen molar-refractivity contribution in [1.29, 1.82) is 0 Å². The molecule has 0 N–H and O–H groups in total. The molecular weight excluding hydrogens is 300 g/mol. The second-order valence-corrected chi connectivity index (χ2v) is 6.46. The lowest BCUT2D eigenvalue weighted by atomic mass is 10.1. The highest BCUT2D eigenvalue weighted by Gasteiger charge is 2.24. The van der Waals surface area contributed by atoms with Crippen molar-refractivity contribution in [2.45, 2.75) is 31.8 Å². The van der Waals surface area contributed by atoms with Crippen LogP contribution in [0.25, 0.3) is 10.9 Å². The van der Waals surface area contributed by atoms with Gasteiger partial charge in [0.2, 0.25) is 5.91 Å². The van der Waals surface area contributed by atoms with Crippen molar-refractivity contribution in [3.63, 3.8) is 0 Å². The summed E-state index contributed by atoms with van der Waals surface area (Å²) < 4.78 is 4.30. The van der Waals surface area contributed by atoms with E-state index in [-0.39, 0.29) is 5.91 Å². The van der Waals surface area contributed by atoms with E-state index in [0.717, 1.165) is 32.5 Å². The molecule has 1 unspecified atom stereocenters. The van der Waals surface area contributed by atoms with Gasteiger partial charge in [0.05, 0.1) is 12.4 Å². The second-order valence-electron chi connectivity index (χ2n) is 6.46. The first-order valence-corrected chi connectivity index (χ1v) is 8.60. The molecule has 3 aromatic rings. The van der Waals surface area contributed by atoms with E-state index in [0.29, 0.717) is 12.5 Å². The van der Waals surface area contributed by atoms with Crippen molar-refractivity contribution in [3.05, 3.63) is 55.2 Å². The van der Waals surface area contributed by atoms with Gasteiger partial charge in [-0.05, 0) is 30.4 Å². The zero-order valence-electron chi connectivity index (χ0n) is 13.7. The third kappa shape index (κ3) is 2.94. The zero-order chi connectivity index (χ0) is 16.4. The highest BCUT2D eigenvalue weighted by Crippen LogP contribution is 2.22. The molecule has 5 heteroatoms. The molecule has 24 heavy (non-hydrogen) atoms. The minimum atomic E-state index is 0.248. The molecule has 4 rings (SSSR count). The molecule has 1 amide bonds. The average molecular weight is 322 g/mol. The monoisotopic (exact) mass is 322 g/mol. The van der Waals surface area contributed by atoms with Crippen LogP contribution in [-0.4, -0.2) is 38.0 Å². The first kappa shape index (κ1) is 15.0. The maximum absolute atomic E-state index is 12.6. The number of carbonyl (C=O) groups excluding carboxylic acids is 1. The number of amides is 1. The van der Waals surface area contributed by atoms with E-state index in [2.05, 4.69) is 38.5 Å². The Hall–Kier alpha value is -2.56. The van der Waals surface area contributed by atoms with Gasteiger partial charge in [-0.2, -0.15) is 0 Å². The predicted octanol–water partition coefficient (Wildman–Crippen LogP) is 3.09. The third-order valence-electron chi connectivity index (χ3n) is 4.94. The Bertz CT molecular complexity index is 821. The average Bonchev–Trinajstić information content (AvgIpc) is 3.30. The number of aromatic nitrogens is 3. The van der Waals surface area contributed by atoms with Gasteiger partial charge >= 0.3 is 0 Å². The van der Waals surface area contributed by atoms with Crippen molar-refractivity contribution in [2.75, 3.05) is 13.1 Å². The number of benzene rings is 1. The third-order valence-corrected chi connectivity index (χ3v) is 4.94. The summed E-state index contributed by atoms with van der Waals surface area (Å²) >= 11 is 0. The van der Waals surface area contributed by atoms with E-state index in [1.54, 1.807) is 6.20 Å². The molecule has 1 aromatic carbocycles. The fraction of sp³-hybridized carbons (Fsp3) is 0.368. The van der Waals surface area contributed by atoms with E-state index in [1.807, 2.05) is 29.6 Å². The number of hydrogen-bond acceptors (Lipinski definition) is 2. The summed E-state index contributed by atoms with van der Waals surface area (Å²) in [6.45, 7) is 2.40. The van der Waals surface area contributed by atoms with Gasteiger partial charge in [-0.15, -0.1) is 0 Å². The Morgan fingerprint density at radius 3 is 3.00 bits per heavy atom. The van der Waals surface area contributed by atoms with Crippen LogP contribution in [0.5, 0.6) is 0 Å². The van der Waals surface area contributed by atoms with Crippen LogP contribution in [0.3, 0.4) is 0 Å². The Labute approximate surface area is 141 Å². The minimum absolute atomic E-state index is 0.248. The summed E-state index contributed by atoms with van der Waals surface area (Å²) in [6.07, 6.45) is 10.4. The van der Waals surface area contributed by atoms with Gasteiger partial charge < -0.3 is 14.0 Å². The van der Waals surface area contributed by atoms with Crippen molar-refractivity contribution < 1.29 is 4.79 Å². The minimum Gasteiger partial charge on any atom is -0.347 e. The largest absolute Gasteiger partial charge is 0.347 e. The smallest absolute Gasteiger partial charge is 0.224 e. The quantitative estimate of drug-likeness (QED) is 0.741. The van der Waals surface area contributed by atoms with Crippen molar-refractivity contribution in [1.82, 2.24) is 19.0 Å². The standard InChI is InChI=1S/C19H22N4O/c24-19(8-12-21-11-7-16-4-1-2-6-18(16)21)22-10-3-5-17(14-22)23-13-9-20-15-23/h1-2,4,6-7,9,11,13,15,17H,3,5,8,10,12,14H2. The number of carbonyl (C=O) groups is 1. The number of nitrogens with zero attached hydrogens (tertiary/aromatic N) is 4. The number of likely N-dealkylation sites (tertiary alicyclic amines) is 1. The number of para-hydroxylation sites is 1. The lowest BCUT2D eigenvalue weighted by Gasteiger charge is -2.33. The van der Waals surface area contributed by atoms with Gasteiger partial charge in [-0.3, -0.25) is 4.79 Å². The Morgan fingerprint density at radius 2 is 2.12 bits per heavy atom. The van der Waals surface area contributed by atoms with Gasteiger partial charge in [-0.1, -0.05) is 18.2 Å². The molecule has 1 atom stereocenters. The fourth-order valence-electron chi connectivity index (χ4n) is 3.62.